The van der Waals surface area contributed by atoms with Gasteiger partial charge in [0.1, 0.15) is 5.01 Å². The van der Waals surface area contributed by atoms with E-state index in [4.69, 9.17) is 0 Å². The molecule has 3 rings (SSSR count). The lowest BCUT2D eigenvalue weighted by molar-refractivity contribution is -0.140. The summed E-state index contributed by atoms with van der Waals surface area (Å²) in [7, 11) is 0. The Hall–Kier alpha value is -1.19. The van der Waals surface area contributed by atoms with Crippen LogP contribution >= 0.6 is 22.7 Å². The molecule has 1 saturated heterocycles. The van der Waals surface area contributed by atoms with Gasteiger partial charge in [-0.15, -0.1) is 22.7 Å². The molecule has 120 valence electrons. The van der Waals surface area contributed by atoms with E-state index in [-0.39, 0.29) is 6.04 Å². The predicted molar refractivity (Wildman–Crippen MR) is 81.4 cm³/mol. The number of rotatable bonds is 3. The van der Waals surface area contributed by atoms with Crippen molar-refractivity contribution >= 4 is 27.8 Å². The number of nitrogens with zero attached hydrogens (tertiary/aromatic N) is 4. The van der Waals surface area contributed by atoms with E-state index in [0.717, 1.165) is 34.8 Å². The highest BCUT2D eigenvalue weighted by Crippen LogP contribution is 2.33. The summed E-state index contributed by atoms with van der Waals surface area (Å²) in [5.74, 6) is 0. The molecule has 1 aliphatic heterocycles. The Morgan fingerprint density at radius 1 is 1.18 bits per heavy atom. The molecule has 4 nitrogen and oxygen atoms in total. The van der Waals surface area contributed by atoms with Crippen molar-refractivity contribution in [1.29, 1.82) is 0 Å². The number of anilines is 1. The smallest absolute Gasteiger partial charge is 0.346 e. The van der Waals surface area contributed by atoms with Gasteiger partial charge in [-0.2, -0.15) is 13.2 Å². The SMILES string of the molecule is CC(c1nccs1)N1CCN(c2nc(C(F)(F)F)cs2)CC1. The van der Waals surface area contributed by atoms with Crippen molar-refractivity contribution < 1.29 is 13.2 Å². The second-order valence-electron chi connectivity index (χ2n) is 5.08. The van der Waals surface area contributed by atoms with Gasteiger partial charge in [0, 0.05) is 43.1 Å². The van der Waals surface area contributed by atoms with Crippen molar-refractivity contribution in [2.24, 2.45) is 0 Å². The van der Waals surface area contributed by atoms with Crippen LogP contribution in [0, 0.1) is 0 Å². The first-order valence-corrected chi connectivity index (χ1v) is 8.62. The van der Waals surface area contributed by atoms with Crippen LogP contribution in [0.4, 0.5) is 18.3 Å². The van der Waals surface area contributed by atoms with Gasteiger partial charge in [-0.05, 0) is 6.92 Å². The van der Waals surface area contributed by atoms with Gasteiger partial charge in [0.2, 0.25) is 0 Å². The van der Waals surface area contributed by atoms with Crippen LogP contribution < -0.4 is 4.90 Å². The fourth-order valence-electron chi connectivity index (χ4n) is 2.44. The van der Waals surface area contributed by atoms with E-state index in [2.05, 4.69) is 21.8 Å². The van der Waals surface area contributed by atoms with Crippen LogP contribution in [0.2, 0.25) is 0 Å². The molecule has 0 saturated carbocycles. The topological polar surface area (TPSA) is 32.3 Å². The number of alkyl halides is 3. The molecule has 3 heterocycles. The molecule has 0 radical (unpaired) electrons. The standard InChI is InChI=1S/C13H15F3N4S2/c1-9(11-17-2-7-21-11)19-3-5-20(6-4-19)12-18-10(8-22-12)13(14,15)16/h2,7-9H,3-6H2,1H3. The molecule has 9 heteroatoms. The monoisotopic (exact) mass is 348 g/mol. The summed E-state index contributed by atoms with van der Waals surface area (Å²) >= 11 is 2.68. The number of halogens is 3. The Morgan fingerprint density at radius 2 is 1.91 bits per heavy atom. The Morgan fingerprint density at radius 3 is 2.45 bits per heavy atom. The van der Waals surface area contributed by atoms with Gasteiger partial charge in [-0.3, -0.25) is 4.90 Å². The third-order valence-electron chi connectivity index (χ3n) is 3.72. The lowest BCUT2D eigenvalue weighted by Crippen LogP contribution is -2.47. The fourth-order valence-corrected chi connectivity index (χ4v) is 4.05. The first-order valence-electron chi connectivity index (χ1n) is 6.86. The maximum Gasteiger partial charge on any atom is 0.434 e. The highest BCUT2D eigenvalue weighted by molar-refractivity contribution is 7.13. The van der Waals surface area contributed by atoms with Gasteiger partial charge in [0.05, 0.1) is 6.04 Å². The molecule has 2 aromatic heterocycles. The second kappa shape index (κ2) is 6.13. The Kier molecular flexibility index (Phi) is 4.37. The molecule has 1 aliphatic rings. The average molecular weight is 348 g/mol. The van der Waals surface area contributed by atoms with Crippen LogP contribution in [0.5, 0.6) is 0 Å². The quantitative estimate of drug-likeness (QED) is 0.850. The van der Waals surface area contributed by atoms with Crippen LogP contribution in [0.15, 0.2) is 17.0 Å². The summed E-state index contributed by atoms with van der Waals surface area (Å²) in [6, 6.07) is 0.240. The molecule has 0 bridgehead atoms. The predicted octanol–water partition coefficient (Wildman–Crippen LogP) is 3.50. The molecule has 1 fully saturated rings. The number of thiazole rings is 2. The van der Waals surface area contributed by atoms with Crippen LogP contribution in [-0.2, 0) is 6.18 Å². The van der Waals surface area contributed by atoms with Crippen molar-refractivity contribution in [3.8, 4) is 0 Å². The van der Waals surface area contributed by atoms with Gasteiger partial charge in [0.25, 0.3) is 0 Å². The van der Waals surface area contributed by atoms with E-state index in [1.54, 1.807) is 17.5 Å². The van der Waals surface area contributed by atoms with E-state index in [0.29, 0.717) is 18.2 Å². The average Bonchev–Trinajstić information content (AvgIpc) is 3.17. The van der Waals surface area contributed by atoms with Crippen LogP contribution in [0.25, 0.3) is 0 Å². The molecule has 1 atom stereocenters. The third-order valence-corrected chi connectivity index (χ3v) is 5.57. The molecule has 2 aromatic rings. The number of piperazine rings is 1. The summed E-state index contributed by atoms with van der Waals surface area (Å²) < 4.78 is 37.8. The minimum Gasteiger partial charge on any atom is -0.346 e. The Labute approximate surface area is 134 Å². The number of aromatic nitrogens is 2. The van der Waals surface area contributed by atoms with Gasteiger partial charge in [-0.1, -0.05) is 0 Å². The van der Waals surface area contributed by atoms with Gasteiger partial charge in [0.15, 0.2) is 10.8 Å². The third kappa shape index (κ3) is 3.26. The zero-order chi connectivity index (χ0) is 15.7. The molecule has 1 unspecified atom stereocenters. The first-order chi connectivity index (χ1) is 10.4. The van der Waals surface area contributed by atoms with Gasteiger partial charge >= 0.3 is 6.18 Å². The zero-order valence-electron chi connectivity index (χ0n) is 11.9. The molecule has 0 spiro atoms. The van der Waals surface area contributed by atoms with Crippen LogP contribution in [0.3, 0.4) is 0 Å². The Balaban J connectivity index is 1.61. The lowest BCUT2D eigenvalue weighted by atomic mass is 10.2. The maximum atomic E-state index is 12.6. The number of hydrogen-bond donors (Lipinski definition) is 0. The molecule has 0 amide bonds. The molecule has 0 aliphatic carbocycles. The minimum absolute atomic E-state index is 0.240. The number of hydrogen-bond acceptors (Lipinski definition) is 6. The summed E-state index contributed by atoms with van der Waals surface area (Å²) in [6.45, 7) is 5.06. The molecule has 0 N–H and O–H groups in total. The van der Waals surface area contributed by atoms with Crippen LogP contribution in [0.1, 0.15) is 23.7 Å². The summed E-state index contributed by atoms with van der Waals surface area (Å²) in [6.07, 6.45) is -2.57. The van der Waals surface area contributed by atoms with E-state index >= 15 is 0 Å². The van der Waals surface area contributed by atoms with E-state index in [1.807, 2.05) is 10.3 Å². The Bertz CT molecular complexity index is 603. The van der Waals surface area contributed by atoms with Crippen molar-refractivity contribution in [2.45, 2.75) is 19.1 Å². The molecule has 0 aromatic carbocycles. The summed E-state index contributed by atoms with van der Waals surface area (Å²) in [4.78, 5) is 12.3. The normalized spacial score (nSPS) is 18.6. The minimum atomic E-state index is -4.37. The first kappa shape index (κ1) is 15.7. The highest BCUT2D eigenvalue weighted by Gasteiger charge is 2.34. The maximum absolute atomic E-state index is 12.6. The van der Waals surface area contributed by atoms with E-state index in [9.17, 15) is 13.2 Å². The molecular formula is C13H15F3N4S2. The molecule has 22 heavy (non-hydrogen) atoms. The van der Waals surface area contributed by atoms with Crippen molar-refractivity contribution in [3.05, 3.63) is 27.7 Å². The summed E-state index contributed by atoms with van der Waals surface area (Å²) in [5, 5.41) is 4.56. The highest BCUT2D eigenvalue weighted by atomic mass is 32.1. The van der Waals surface area contributed by atoms with E-state index < -0.39 is 11.9 Å². The fraction of sp³-hybridized carbons (Fsp3) is 0.538. The van der Waals surface area contributed by atoms with Crippen molar-refractivity contribution in [1.82, 2.24) is 14.9 Å². The lowest BCUT2D eigenvalue weighted by Gasteiger charge is -2.37. The largest absolute Gasteiger partial charge is 0.434 e. The van der Waals surface area contributed by atoms with Gasteiger partial charge < -0.3 is 4.90 Å². The van der Waals surface area contributed by atoms with Crippen molar-refractivity contribution in [3.63, 3.8) is 0 Å². The van der Waals surface area contributed by atoms with Crippen LogP contribution in [-0.4, -0.2) is 41.0 Å². The van der Waals surface area contributed by atoms with Crippen molar-refractivity contribution in [2.75, 3.05) is 31.1 Å². The van der Waals surface area contributed by atoms with Gasteiger partial charge in [-0.25, -0.2) is 9.97 Å². The zero-order valence-corrected chi connectivity index (χ0v) is 13.5. The summed E-state index contributed by atoms with van der Waals surface area (Å²) in [5.41, 5.74) is -0.800. The second-order valence-corrected chi connectivity index (χ2v) is 6.85. The van der Waals surface area contributed by atoms with E-state index in [1.165, 1.54) is 0 Å². The molecular weight excluding hydrogens is 333 g/mol.